The third-order valence-electron chi connectivity index (χ3n) is 3.96. The Morgan fingerprint density at radius 3 is 2.95 bits per heavy atom. The van der Waals surface area contributed by atoms with Crippen molar-refractivity contribution in [2.24, 2.45) is 5.92 Å². The largest absolute Gasteiger partial charge is 0.496 e. The molecule has 3 heteroatoms. The molecular formula is C16H26N2O. The summed E-state index contributed by atoms with van der Waals surface area (Å²) in [6.07, 6.45) is 2.68. The van der Waals surface area contributed by atoms with E-state index in [2.05, 4.69) is 35.3 Å². The highest BCUT2D eigenvalue weighted by Gasteiger charge is 2.19. The van der Waals surface area contributed by atoms with Gasteiger partial charge in [0.05, 0.1) is 7.11 Å². The number of methoxy groups -OCH3 is 1. The fraction of sp³-hybridized carbons (Fsp3) is 0.625. The molecule has 0 amide bonds. The Hall–Kier alpha value is -1.06. The maximum absolute atomic E-state index is 5.32. The van der Waals surface area contributed by atoms with Crippen LogP contribution in [0.5, 0.6) is 5.75 Å². The molecule has 106 valence electrons. The van der Waals surface area contributed by atoms with Gasteiger partial charge in [0.15, 0.2) is 0 Å². The summed E-state index contributed by atoms with van der Waals surface area (Å²) >= 11 is 0. The van der Waals surface area contributed by atoms with E-state index in [0.29, 0.717) is 0 Å². The number of nitrogens with one attached hydrogen (secondary N) is 1. The molecule has 0 spiro atoms. The number of rotatable bonds is 5. The maximum atomic E-state index is 5.32. The van der Waals surface area contributed by atoms with Crippen LogP contribution in [0.4, 0.5) is 0 Å². The Morgan fingerprint density at radius 1 is 1.42 bits per heavy atom. The fourth-order valence-corrected chi connectivity index (χ4v) is 3.05. The molecule has 0 aliphatic carbocycles. The fourth-order valence-electron chi connectivity index (χ4n) is 3.05. The average Bonchev–Trinajstić information content (AvgIpc) is 2.40. The van der Waals surface area contributed by atoms with Gasteiger partial charge in [0.2, 0.25) is 0 Å². The van der Waals surface area contributed by atoms with Gasteiger partial charge in [0.1, 0.15) is 5.75 Å². The van der Waals surface area contributed by atoms with Crippen molar-refractivity contribution in [2.45, 2.75) is 26.3 Å². The SMILES string of the molecule is CNCC1CCCN(Cc2ccc(OC)c(C)c2)C1. The minimum atomic E-state index is 0.804. The van der Waals surface area contributed by atoms with E-state index in [4.69, 9.17) is 4.74 Å². The van der Waals surface area contributed by atoms with E-state index in [0.717, 1.165) is 24.8 Å². The van der Waals surface area contributed by atoms with E-state index >= 15 is 0 Å². The monoisotopic (exact) mass is 262 g/mol. The van der Waals surface area contributed by atoms with E-state index < -0.39 is 0 Å². The molecule has 1 aliphatic rings. The van der Waals surface area contributed by atoms with Gasteiger partial charge >= 0.3 is 0 Å². The number of hydrogen-bond donors (Lipinski definition) is 1. The third kappa shape index (κ3) is 3.95. The van der Waals surface area contributed by atoms with Crippen molar-refractivity contribution in [2.75, 3.05) is 33.8 Å². The Bertz CT molecular complexity index is 404. The van der Waals surface area contributed by atoms with Crippen LogP contribution in [0, 0.1) is 12.8 Å². The summed E-state index contributed by atoms with van der Waals surface area (Å²) in [6, 6.07) is 6.52. The first-order chi connectivity index (χ1) is 9.22. The van der Waals surface area contributed by atoms with Gasteiger partial charge in [-0.1, -0.05) is 12.1 Å². The Kier molecular flexibility index (Phi) is 5.23. The van der Waals surface area contributed by atoms with Crippen molar-refractivity contribution >= 4 is 0 Å². The third-order valence-corrected chi connectivity index (χ3v) is 3.96. The standard InChI is InChI=1S/C16H26N2O/c1-13-9-14(6-7-16(13)19-3)11-18-8-4-5-15(12-18)10-17-2/h6-7,9,15,17H,4-5,8,10-12H2,1-3H3. The number of aryl methyl sites for hydroxylation is 1. The molecule has 0 aromatic heterocycles. The zero-order valence-corrected chi connectivity index (χ0v) is 12.4. The van der Waals surface area contributed by atoms with Crippen LogP contribution in [0.2, 0.25) is 0 Å². The van der Waals surface area contributed by atoms with Crippen LogP contribution >= 0.6 is 0 Å². The van der Waals surface area contributed by atoms with Crippen molar-refractivity contribution < 1.29 is 4.74 Å². The summed E-state index contributed by atoms with van der Waals surface area (Å²) in [4.78, 5) is 2.58. The molecule has 1 aromatic rings. The van der Waals surface area contributed by atoms with Crippen LogP contribution in [0.3, 0.4) is 0 Å². The lowest BCUT2D eigenvalue weighted by Crippen LogP contribution is -2.38. The van der Waals surface area contributed by atoms with Crippen LogP contribution in [-0.4, -0.2) is 38.7 Å². The smallest absolute Gasteiger partial charge is 0.121 e. The molecule has 1 atom stereocenters. The number of hydrogen-bond acceptors (Lipinski definition) is 3. The van der Waals surface area contributed by atoms with Gasteiger partial charge in [-0.2, -0.15) is 0 Å². The molecule has 0 bridgehead atoms. The Labute approximate surface area is 116 Å². The first-order valence-corrected chi connectivity index (χ1v) is 7.23. The van der Waals surface area contributed by atoms with Crippen LogP contribution in [0.25, 0.3) is 0 Å². The Morgan fingerprint density at radius 2 is 2.26 bits per heavy atom. The molecule has 1 N–H and O–H groups in total. The van der Waals surface area contributed by atoms with Crippen LogP contribution < -0.4 is 10.1 Å². The van der Waals surface area contributed by atoms with Crippen molar-refractivity contribution in [1.82, 2.24) is 10.2 Å². The number of nitrogens with zero attached hydrogens (tertiary/aromatic N) is 1. The van der Waals surface area contributed by atoms with E-state index in [1.807, 2.05) is 7.05 Å². The second-order valence-electron chi connectivity index (χ2n) is 5.61. The average molecular weight is 262 g/mol. The molecule has 1 unspecified atom stereocenters. The quantitative estimate of drug-likeness (QED) is 0.882. The highest BCUT2D eigenvalue weighted by Crippen LogP contribution is 2.22. The summed E-state index contributed by atoms with van der Waals surface area (Å²) in [5, 5.41) is 3.30. The zero-order valence-electron chi connectivity index (χ0n) is 12.4. The number of benzene rings is 1. The number of likely N-dealkylation sites (tertiary alicyclic amines) is 1. The molecule has 1 heterocycles. The van der Waals surface area contributed by atoms with E-state index in [9.17, 15) is 0 Å². The molecule has 1 aromatic carbocycles. The van der Waals surface area contributed by atoms with Gasteiger partial charge in [-0.25, -0.2) is 0 Å². The molecule has 19 heavy (non-hydrogen) atoms. The molecule has 1 saturated heterocycles. The highest BCUT2D eigenvalue weighted by atomic mass is 16.5. The van der Waals surface area contributed by atoms with Crippen molar-refractivity contribution in [3.05, 3.63) is 29.3 Å². The van der Waals surface area contributed by atoms with E-state index in [1.165, 1.54) is 37.1 Å². The summed E-state index contributed by atoms with van der Waals surface area (Å²) in [7, 11) is 3.78. The van der Waals surface area contributed by atoms with Gasteiger partial charge in [0.25, 0.3) is 0 Å². The lowest BCUT2D eigenvalue weighted by atomic mass is 9.97. The minimum absolute atomic E-state index is 0.804. The van der Waals surface area contributed by atoms with E-state index in [1.54, 1.807) is 7.11 Å². The first kappa shape index (κ1) is 14.4. The molecule has 3 nitrogen and oxygen atoms in total. The normalized spacial score (nSPS) is 20.5. The Balaban J connectivity index is 1.94. The number of ether oxygens (including phenoxy) is 1. The van der Waals surface area contributed by atoms with Crippen LogP contribution in [0.1, 0.15) is 24.0 Å². The summed E-state index contributed by atoms with van der Waals surface area (Å²) in [5.41, 5.74) is 2.62. The zero-order chi connectivity index (χ0) is 13.7. The minimum Gasteiger partial charge on any atom is -0.496 e. The molecule has 0 saturated carbocycles. The summed E-state index contributed by atoms with van der Waals surface area (Å²) in [6.45, 7) is 6.75. The van der Waals surface area contributed by atoms with Crippen molar-refractivity contribution in [3.8, 4) is 5.75 Å². The predicted octanol–water partition coefficient (Wildman–Crippen LogP) is 2.44. The molecule has 1 fully saturated rings. The van der Waals surface area contributed by atoms with Crippen LogP contribution in [-0.2, 0) is 6.54 Å². The lowest BCUT2D eigenvalue weighted by Gasteiger charge is -2.32. The van der Waals surface area contributed by atoms with Gasteiger partial charge in [0, 0.05) is 13.1 Å². The highest BCUT2D eigenvalue weighted by molar-refractivity contribution is 5.36. The molecule has 2 rings (SSSR count). The molecule has 1 aliphatic heterocycles. The summed E-state index contributed by atoms with van der Waals surface area (Å²) < 4.78 is 5.32. The van der Waals surface area contributed by atoms with Gasteiger partial charge < -0.3 is 10.1 Å². The second kappa shape index (κ2) is 6.92. The number of piperidine rings is 1. The molecular weight excluding hydrogens is 236 g/mol. The van der Waals surface area contributed by atoms with Gasteiger partial charge in [-0.3, -0.25) is 4.90 Å². The first-order valence-electron chi connectivity index (χ1n) is 7.23. The lowest BCUT2D eigenvalue weighted by molar-refractivity contribution is 0.167. The van der Waals surface area contributed by atoms with Crippen LogP contribution in [0.15, 0.2) is 18.2 Å². The van der Waals surface area contributed by atoms with E-state index in [-0.39, 0.29) is 0 Å². The molecule has 0 radical (unpaired) electrons. The predicted molar refractivity (Wildman–Crippen MR) is 79.7 cm³/mol. The van der Waals surface area contributed by atoms with Crippen molar-refractivity contribution in [3.63, 3.8) is 0 Å². The second-order valence-corrected chi connectivity index (χ2v) is 5.61. The maximum Gasteiger partial charge on any atom is 0.121 e. The van der Waals surface area contributed by atoms with Gasteiger partial charge in [-0.05, 0) is 63.0 Å². The van der Waals surface area contributed by atoms with Gasteiger partial charge in [-0.15, -0.1) is 0 Å². The topological polar surface area (TPSA) is 24.5 Å². The summed E-state index contributed by atoms with van der Waals surface area (Å²) in [5.74, 6) is 1.79. The van der Waals surface area contributed by atoms with Crippen molar-refractivity contribution in [1.29, 1.82) is 0 Å².